The van der Waals surface area contributed by atoms with Gasteiger partial charge >= 0.3 is 5.97 Å². The summed E-state index contributed by atoms with van der Waals surface area (Å²) in [5.74, 6) is -2.03. The van der Waals surface area contributed by atoms with Gasteiger partial charge in [-0.2, -0.15) is 0 Å². The Morgan fingerprint density at radius 2 is 2.12 bits per heavy atom. The van der Waals surface area contributed by atoms with Gasteiger partial charge in [0.25, 0.3) is 0 Å². The standard InChI is InChI=1S/C19H22F2N2O3/c1-4-22-10-13(19(25)26-3)18(24)12-8-14(20)17(15(21)16(12)22)23-7-5-6-11(2)9-23/h8,10-11H,4-7,9H2,1-3H3. The number of anilines is 1. The smallest absolute Gasteiger partial charge is 0.343 e. The molecule has 0 saturated carbocycles. The van der Waals surface area contributed by atoms with Gasteiger partial charge in [-0.15, -0.1) is 0 Å². The molecule has 2 aromatic rings. The van der Waals surface area contributed by atoms with Crippen LogP contribution in [-0.2, 0) is 11.3 Å². The fourth-order valence-electron chi connectivity index (χ4n) is 3.66. The molecule has 1 saturated heterocycles. The van der Waals surface area contributed by atoms with Crippen LogP contribution in [0.3, 0.4) is 0 Å². The molecular formula is C19H22F2N2O3. The van der Waals surface area contributed by atoms with Gasteiger partial charge in [-0.05, 0) is 31.7 Å². The largest absolute Gasteiger partial charge is 0.465 e. The number of carbonyl (C=O) groups excluding carboxylic acids is 1. The number of fused-ring (bicyclic) bond motifs is 1. The number of piperidine rings is 1. The van der Waals surface area contributed by atoms with E-state index < -0.39 is 23.0 Å². The normalized spacial score (nSPS) is 17.6. The minimum Gasteiger partial charge on any atom is -0.465 e. The van der Waals surface area contributed by atoms with E-state index >= 15 is 4.39 Å². The van der Waals surface area contributed by atoms with Gasteiger partial charge in [0.1, 0.15) is 17.1 Å². The van der Waals surface area contributed by atoms with E-state index in [0.717, 1.165) is 26.0 Å². The minimum absolute atomic E-state index is 0.0137. The molecule has 1 aliphatic heterocycles. The highest BCUT2D eigenvalue weighted by Gasteiger charge is 2.27. The molecule has 0 bridgehead atoms. The predicted octanol–water partition coefficient (Wildman–Crippen LogP) is 3.32. The zero-order chi connectivity index (χ0) is 19.0. The van der Waals surface area contributed by atoms with E-state index in [1.807, 2.05) is 6.92 Å². The lowest BCUT2D eigenvalue weighted by atomic mass is 9.99. The topological polar surface area (TPSA) is 51.5 Å². The molecule has 26 heavy (non-hydrogen) atoms. The quantitative estimate of drug-likeness (QED) is 0.784. The molecule has 0 aliphatic carbocycles. The van der Waals surface area contributed by atoms with Crippen LogP contribution in [0.2, 0.25) is 0 Å². The van der Waals surface area contributed by atoms with Crippen LogP contribution >= 0.6 is 0 Å². The molecule has 7 heteroatoms. The summed E-state index contributed by atoms with van der Waals surface area (Å²) in [5, 5.41) is -0.154. The van der Waals surface area contributed by atoms with Crippen LogP contribution in [0.1, 0.15) is 37.0 Å². The molecule has 1 aromatic carbocycles. The van der Waals surface area contributed by atoms with Gasteiger partial charge in [-0.1, -0.05) is 6.92 Å². The van der Waals surface area contributed by atoms with E-state index in [2.05, 4.69) is 4.74 Å². The van der Waals surface area contributed by atoms with E-state index in [1.54, 1.807) is 11.8 Å². The maximum atomic E-state index is 15.3. The summed E-state index contributed by atoms with van der Waals surface area (Å²) in [7, 11) is 1.16. The number of ether oxygens (including phenoxy) is 1. The Labute approximate surface area is 150 Å². The van der Waals surface area contributed by atoms with Crippen LogP contribution in [0.25, 0.3) is 10.9 Å². The monoisotopic (exact) mass is 364 g/mol. The Morgan fingerprint density at radius 3 is 2.73 bits per heavy atom. The third-order valence-electron chi connectivity index (χ3n) is 4.95. The van der Waals surface area contributed by atoms with Crippen molar-refractivity contribution in [1.29, 1.82) is 0 Å². The number of benzene rings is 1. The first-order valence-electron chi connectivity index (χ1n) is 8.77. The summed E-state index contributed by atoms with van der Waals surface area (Å²) in [6, 6.07) is 1.04. The number of rotatable bonds is 3. The van der Waals surface area contributed by atoms with Crippen molar-refractivity contribution in [2.75, 3.05) is 25.1 Å². The number of methoxy groups -OCH3 is 1. The summed E-state index contributed by atoms with van der Waals surface area (Å²) in [5.41, 5.74) is -1.05. The molecule has 5 nitrogen and oxygen atoms in total. The first kappa shape index (κ1) is 18.4. The van der Waals surface area contributed by atoms with Crippen LogP contribution in [0.15, 0.2) is 17.1 Å². The fourth-order valence-corrected chi connectivity index (χ4v) is 3.66. The van der Waals surface area contributed by atoms with Crippen LogP contribution in [0.5, 0.6) is 0 Å². The van der Waals surface area contributed by atoms with E-state index in [1.165, 1.54) is 10.8 Å². The summed E-state index contributed by atoms with van der Waals surface area (Å²) < 4.78 is 36.2. The highest BCUT2D eigenvalue weighted by atomic mass is 19.1. The third kappa shape index (κ3) is 2.95. The van der Waals surface area contributed by atoms with Crippen molar-refractivity contribution >= 4 is 22.6 Å². The maximum Gasteiger partial charge on any atom is 0.343 e. The zero-order valence-corrected chi connectivity index (χ0v) is 15.1. The maximum absolute atomic E-state index is 15.3. The van der Waals surface area contributed by atoms with Gasteiger partial charge in [0, 0.05) is 25.8 Å². The molecule has 1 atom stereocenters. The predicted molar refractivity (Wildman–Crippen MR) is 95.7 cm³/mol. The van der Waals surface area contributed by atoms with Crippen molar-refractivity contribution < 1.29 is 18.3 Å². The second-order valence-electron chi connectivity index (χ2n) is 6.76. The zero-order valence-electron chi connectivity index (χ0n) is 15.1. The number of hydrogen-bond donors (Lipinski definition) is 0. The summed E-state index contributed by atoms with van der Waals surface area (Å²) >= 11 is 0. The number of hydrogen-bond acceptors (Lipinski definition) is 4. The van der Waals surface area contributed by atoms with Gasteiger partial charge in [0.05, 0.1) is 18.0 Å². The number of nitrogens with zero attached hydrogens (tertiary/aromatic N) is 2. The van der Waals surface area contributed by atoms with Gasteiger partial charge < -0.3 is 14.2 Å². The van der Waals surface area contributed by atoms with Gasteiger partial charge in [0.15, 0.2) is 5.82 Å². The second kappa shape index (κ2) is 7.05. The van der Waals surface area contributed by atoms with Crippen LogP contribution < -0.4 is 10.3 Å². The minimum atomic E-state index is -0.825. The molecule has 1 aromatic heterocycles. The number of aromatic nitrogens is 1. The first-order chi connectivity index (χ1) is 12.4. The van der Waals surface area contributed by atoms with Crippen LogP contribution in [0.4, 0.5) is 14.5 Å². The Hall–Kier alpha value is -2.44. The van der Waals surface area contributed by atoms with E-state index in [4.69, 9.17) is 0 Å². The lowest BCUT2D eigenvalue weighted by molar-refractivity contribution is 0.0598. The molecule has 0 amide bonds. The van der Waals surface area contributed by atoms with Crippen molar-refractivity contribution in [3.63, 3.8) is 0 Å². The lowest BCUT2D eigenvalue weighted by Crippen LogP contribution is -2.35. The van der Waals surface area contributed by atoms with Gasteiger partial charge in [-0.25, -0.2) is 13.6 Å². The number of carbonyl (C=O) groups is 1. The summed E-state index contributed by atoms with van der Waals surface area (Å²) in [6.45, 7) is 5.26. The average molecular weight is 364 g/mol. The Bertz CT molecular complexity index is 923. The van der Waals surface area contributed by atoms with Crippen molar-refractivity contribution in [2.24, 2.45) is 5.92 Å². The van der Waals surface area contributed by atoms with Crippen molar-refractivity contribution in [3.05, 3.63) is 39.7 Å². The molecule has 0 N–H and O–H groups in total. The Balaban J connectivity index is 2.29. The fraction of sp³-hybridized carbons (Fsp3) is 0.474. The molecule has 3 rings (SSSR count). The van der Waals surface area contributed by atoms with Crippen LogP contribution in [0, 0.1) is 17.6 Å². The summed E-state index contributed by atoms with van der Waals surface area (Å²) in [4.78, 5) is 26.1. The van der Waals surface area contributed by atoms with Crippen molar-refractivity contribution in [3.8, 4) is 0 Å². The molecule has 2 heterocycles. The highest BCUT2D eigenvalue weighted by Crippen LogP contribution is 2.32. The SMILES string of the molecule is CCn1cc(C(=O)OC)c(=O)c2cc(F)c(N3CCCC(C)C3)c(F)c21. The molecule has 1 fully saturated rings. The average Bonchev–Trinajstić information content (AvgIpc) is 2.62. The molecule has 0 spiro atoms. The second-order valence-corrected chi connectivity index (χ2v) is 6.76. The molecule has 140 valence electrons. The molecular weight excluding hydrogens is 342 g/mol. The molecule has 0 radical (unpaired) electrons. The number of aryl methyl sites for hydroxylation is 1. The summed E-state index contributed by atoms with van der Waals surface area (Å²) in [6.07, 6.45) is 3.16. The molecule has 1 aliphatic rings. The van der Waals surface area contributed by atoms with Crippen molar-refractivity contribution in [1.82, 2.24) is 4.57 Å². The number of pyridine rings is 1. The Kier molecular flexibility index (Phi) is 4.98. The highest BCUT2D eigenvalue weighted by molar-refractivity contribution is 5.94. The van der Waals surface area contributed by atoms with E-state index in [0.29, 0.717) is 25.6 Å². The van der Waals surface area contributed by atoms with E-state index in [9.17, 15) is 14.0 Å². The van der Waals surface area contributed by atoms with Crippen molar-refractivity contribution in [2.45, 2.75) is 33.2 Å². The van der Waals surface area contributed by atoms with E-state index in [-0.39, 0.29) is 22.2 Å². The lowest BCUT2D eigenvalue weighted by Gasteiger charge is -2.33. The number of esters is 1. The number of halogens is 2. The van der Waals surface area contributed by atoms with Gasteiger partial charge in [0.2, 0.25) is 5.43 Å². The molecule has 1 unspecified atom stereocenters. The third-order valence-corrected chi connectivity index (χ3v) is 4.95. The Morgan fingerprint density at radius 1 is 1.38 bits per heavy atom. The first-order valence-corrected chi connectivity index (χ1v) is 8.77. The van der Waals surface area contributed by atoms with Crippen LogP contribution in [-0.4, -0.2) is 30.7 Å². The van der Waals surface area contributed by atoms with Gasteiger partial charge in [-0.3, -0.25) is 4.79 Å².